The molecule has 0 fully saturated rings. The van der Waals surface area contributed by atoms with E-state index in [1.807, 2.05) is 6.92 Å². The molecule has 0 spiro atoms. The molecule has 13 heteroatoms. The number of rotatable bonds is 5. The van der Waals surface area contributed by atoms with Crippen LogP contribution < -0.4 is 22.9 Å². The quantitative estimate of drug-likeness (QED) is 0.144. The van der Waals surface area contributed by atoms with Gasteiger partial charge in [0.05, 0.1) is 11.9 Å². The molecule has 0 saturated heterocycles. The smallest absolute Gasteiger partial charge is 0.369 e. The highest BCUT2D eigenvalue weighted by molar-refractivity contribution is 7.79. The number of nitrogens with zero attached hydrogens (tertiary/aromatic N) is 4. The van der Waals surface area contributed by atoms with Gasteiger partial charge in [-0.15, -0.1) is 10.2 Å². The number of guanidine groups is 2. The van der Waals surface area contributed by atoms with E-state index in [0.29, 0.717) is 12.1 Å². The molecule has 0 rings (SSSR count). The molecule has 20 heavy (non-hydrogen) atoms. The summed E-state index contributed by atoms with van der Waals surface area (Å²) in [5, 5.41) is 14.3. The van der Waals surface area contributed by atoms with E-state index in [1.54, 1.807) is 0 Å². The lowest BCUT2D eigenvalue weighted by Gasteiger charge is -1.93. The van der Waals surface area contributed by atoms with Gasteiger partial charge in [0.2, 0.25) is 11.9 Å². The summed E-state index contributed by atoms with van der Waals surface area (Å²) in [5.74, 6) is -0.234. The first-order valence-corrected chi connectivity index (χ1v) is 6.43. The maximum Gasteiger partial charge on any atom is 0.394 e. The molecule has 0 aliphatic rings. The normalized spacial score (nSPS) is 11.4. The van der Waals surface area contributed by atoms with E-state index in [4.69, 9.17) is 40.5 Å². The summed E-state index contributed by atoms with van der Waals surface area (Å²) < 4.78 is 31.6. The maximum atomic E-state index is 8.74. The van der Waals surface area contributed by atoms with Crippen LogP contribution in [0.25, 0.3) is 0 Å². The van der Waals surface area contributed by atoms with Crippen LogP contribution in [0.3, 0.4) is 0 Å². The predicted octanol–water partition coefficient (Wildman–Crippen LogP) is -1.98. The van der Waals surface area contributed by atoms with Crippen LogP contribution in [0.4, 0.5) is 0 Å². The molecule has 0 aromatic rings. The predicted molar refractivity (Wildman–Crippen MR) is 76.6 cm³/mol. The van der Waals surface area contributed by atoms with Crippen LogP contribution in [-0.2, 0) is 10.4 Å². The van der Waals surface area contributed by atoms with Crippen molar-refractivity contribution in [2.45, 2.75) is 19.8 Å². The second kappa shape index (κ2) is 10.7. The van der Waals surface area contributed by atoms with Crippen molar-refractivity contribution in [3.05, 3.63) is 0 Å². The first kappa shape index (κ1) is 20.1. The Morgan fingerprint density at radius 2 is 1.50 bits per heavy atom. The molecule has 0 atom stereocenters. The second-order valence-electron chi connectivity index (χ2n) is 3.08. The second-order valence-corrected chi connectivity index (χ2v) is 3.98. The third-order valence-electron chi connectivity index (χ3n) is 1.18. The Morgan fingerprint density at radius 3 is 1.85 bits per heavy atom. The van der Waals surface area contributed by atoms with E-state index in [1.165, 1.54) is 6.21 Å². The van der Waals surface area contributed by atoms with E-state index in [9.17, 15) is 0 Å². The zero-order valence-electron chi connectivity index (χ0n) is 10.7. The van der Waals surface area contributed by atoms with Gasteiger partial charge in [-0.1, -0.05) is 13.3 Å². The van der Waals surface area contributed by atoms with Gasteiger partial charge in [0.15, 0.2) is 0 Å². The van der Waals surface area contributed by atoms with Gasteiger partial charge in [0.1, 0.15) is 0 Å². The van der Waals surface area contributed by atoms with E-state index >= 15 is 0 Å². The van der Waals surface area contributed by atoms with Gasteiger partial charge in [0.25, 0.3) is 0 Å². The van der Waals surface area contributed by atoms with Crippen LogP contribution in [0, 0.1) is 0 Å². The third-order valence-corrected chi connectivity index (χ3v) is 1.18. The standard InChI is InChI=1S/C7H16N8.H2O4S/c1-2-3-5(13-15-7(10)11)4-12-14-6(8)9;1-5(2,3)4/h4H,2-3H2,1H3,(H4,8,9,14)(H4,10,11,15);(H2,1,2,3,4)/b12-4+,13-5+;. The zero-order valence-corrected chi connectivity index (χ0v) is 11.5. The van der Waals surface area contributed by atoms with Gasteiger partial charge < -0.3 is 22.9 Å². The topological polar surface area (TPSA) is 228 Å². The van der Waals surface area contributed by atoms with E-state index in [0.717, 1.165) is 6.42 Å². The van der Waals surface area contributed by atoms with Crippen molar-refractivity contribution in [1.29, 1.82) is 0 Å². The molecule has 0 unspecified atom stereocenters. The summed E-state index contributed by atoms with van der Waals surface area (Å²) in [5.41, 5.74) is 21.0. The van der Waals surface area contributed by atoms with Gasteiger partial charge in [-0.25, -0.2) is 0 Å². The lowest BCUT2D eigenvalue weighted by Crippen LogP contribution is -2.22. The summed E-state index contributed by atoms with van der Waals surface area (Å²) in [7, 11) is -4.67. The molecule has 0 aromatic heterocycles. The molecule has 12 nitrogen and oxygen atoms in total. The highest BCUT2D eigenvalue weighted by Gasteiger charge is 1.93. The van der Waals surface area contributed by atoms with Crippen molar-refractivity contribution in [3.63, 3.8) is 0 Å². The van der Waals surface area contributed by atoms with Crippen molar-refractivity contribution in [1.82, 2.24) is 0 Å². The Balaban J connectivity index is 0. The average molecular weight is 310 g/mol. The lowest BCUT2D eigenvalue weighted by molar-refractivity contribution is 0.381. The molecule has 0 radical (unpaired) electrons. The minimum atomic E-state index is -4.67. The van der Waals surface area contributed by atoms with Crippen molar-refractivity contribution >= 4 is 34.2 Å². The summed E-state index contributed by atoms with van der Waals surface area (Å²) in [6, 6.07) is 0. The lowest BCUT2D eigenvalue weighted by atomic mass is 10.2. The Kier molecular flexibility index (Phi) is 10.7. The van der Waals surface area contributed by atoms with Crippen LogP contribution >= 0.6 is 0 Å². The summed E-state index contributed by atoms with van der Waals surface area (Å²) in [6.45, 7) is 1.99. The van der Waals surface area contributed by atoms with Crippen LogP contribution in [-0.4, -0.2) is 41.4 Å². The first-order valence-electron chi connectivity index (χ1n) is 5.03. The van der Waals surface area contributed by atoms with E-state index < -0.39 is 10.4 Å². The molecule has 0 aliphatic carbocycles. The summed E-state index contributed by atoms with van der Waals surface area (Å²) in [4.78, 5) is 0. The van der Waals surface area contributed by atoms with E-state index in [2.05, 4.69) is 20.4 Å². The summed E-state index contributed by atoms with van der Waals surface area (Å²) in [6.07, 6.45) is 2.96. The van der Waals surface area contributed by atoms with Crippen LogP contribution in [0.1, 0.15) is 19.8 Å². The molecule has 0 heterocycles. The molecule has 0 aliphatic heterocycles. The fraction of sp³-hybridized carbons (Fsp3) is 0.429. The summed E-state index contributed by atoms with van der Waals surface area (Å²) >= 11 is 0. The molecule has 10 N–H and O–H groups in total. The van der Waals surface area contributed by atoms with Gasteiger partial charge >= 0.3 is 10.4 Å². The van der Waals surface area contributed by atoms with Crippen molar-refractivity contribution in [3.8, 4) is 0 Å². The van der Waals surface area contributed by atoms with Gasteiger partial charge in [-0.2, -0.15) is 18.6 Å². The van der Waals surface area contributed by atoms with Crippen molar-refractivity contribution in [2.75, 3.05) is 0 Å². The molecule has 116 valence electrons. The Morgan fingerprint density at radius 1 is 1.05 bits per heavy atom. The average Bonchev–Trinajstić information content (AvgIpc) is 2.22. The fourth-order valence-corrected chi connectivity index (χ4v) is 0.681. The van der Waals surface area contributed by atoms with E-state index in [-0.39, 0.29) is 11.9 Å². The number of hydrogen-bond donors (Lipinski definition) is 6. The third kappa shape index (κ3) is 24.8. The fourth-order valence-electron chi connectivity index (χ4n) is 0.681. The molecule has 0 aromatic carbocycles. The minimum Gasteiger partial charge on any atom is -0.369 e. The molecule has 0 bridgehead atoms. The van der Waals surface area contributed by atoms with Crippen molar-refractivity contribution in [2.24, 2.45) is 43.3 Å². The maximum absolute atomic E-state index is 8.74. The minimum absolute atomic E-state index is 0.112. The Bertz CT molecular complexity index is 479. The highest BCUT2D eigenvalue weighted by Crippen LogP contribution is 1.91. The zero-order chi connectivity index (χ0) is 16.2. The number of hydrogen-bond acceptors (Lipinski definition) is 6. The van der Waals surface area contributed by atoms with Crippen LogP contribution in [0.5, 0.6) is 0 Å². The molecule has 0 amide bonds. The molecular weight excluding hydrogens is 292 g/mol. The van der Waals surface area contributed by atoms with Crippen LogP contribution in [0.2, 0.25) is 0 Å². The Hall–Kier alpha value is -2.25. The highest BCUT2D eigenvalue weighted by atomic mass is 32.3. The monoisotopic (exact) mass is 310 g/mol. The van der Waals surface area contributed by atoms with Gasteiger partial charge in [-0.05, 0) is 6.42 Å². The van der Waals surface area contributed by atoms with Crippen LogP contribution in [0.15, 0.2) is 20.4 Å². The van der Waals surface area contributed by atoms with Gasteiger partial charge in [0, 0.05) is 0 Å². The number of nitrogens with two attached hydrogens (primary N) is 4. The van der Waals surface area contributed by atoms with Crippen molar-refractivity contribution < 1.29 is 17.5 Å². The van der Waals surface area contributed by atoms with Gasteiger partial charge in [-0.3, -0.25) is 9.11 Å². The molecular formula is C7H18N8O4S. The largest absolute Gasteiger partial charge is 0.394 e. The Labute approximate surface area is 115 Å². The SMILES string of the molecule is CCCC(/C=N/N=C(N)N)=N\N=C(N)N.O=S(=O)(O)O. The first-order chi connectivity index (χ1) is 9.06. The molecule has 0 saturated carbocycles.